The number of rotatable bonds is 5. The van der Waals surface area contributed by atoms with Crippen LogP contribution >= 0.6 is 11.8 Å². The Labute approximate surface area is 127 Å². The third-order valence-electron chi connectivity index (χ3n) is 3.27. The Kier molecular flexibility index (Phi) is 4.98. The van der Waals surface area contributed by atoms with Crippen LogP contribution < -0.4 is 0 Å². The van der Waals surface area contributed by atoms with Gasteiger partial charge < -0.3 is 5.11 Å². The topological polar surface area (TPSA) is 120 Å². The van der Waals surface area contributed by atoms with Gasteiger partial charge in [0.25, 0.3) is 10.0 Å². The molecule has 0 spiro atoms. The second kappa shape index (κ2) is 6.24. The number of hydrogen-bond acceptors (Lipinski definition) is 7. The highest BCUT2D eigenvalue weighted by atomic mass is 32.2. The molecule has 0 aromatic carbocycles. The van der Waals surface area contributed by atoms with Crippen LogP contribution in [0.15, 0.2) is 11.2 Å². The normalized spacial score (nSPS) is 21.5. The predicted molar refractivity (Wildman–Crippen MR) is 79.0 cm³/mol. The molecule has 0 radical (unpaired) electrons. The quantitative estimate of drug-likeness (QED) is 0.723. The van der Waals surface area contributed by atoms with Crippen LogP contribution in [0.3, 0.4) is 0 Å². The van der Waals surface area contributed by atoms with Gasteiger partial charge in [-0.25, -0.2) is 16.8 Å². The smallest absolute Gasteiger partial charge is 0.261 e. The van der Waals surface area contributed by atoms with Crippen LogP contribution in [0.2, 0.25) is 0 Å². The first-order valence-electron chi connectivity index (χ1n) is 6.29. The van der Waals surface area contributed by atoms with E-state index in [0.717, 1.165) is 4.31 Å². The van der Waals surface area contributed by atoms with Crippen molar-refractivity contribution in [2.75, 3.05) is 23.8 Å². The summed E-state index contributed by atoms with van der Waals surface area (Å²) in [4.78, 5) is 0. The van der Waals surface area contributed by atoms with E-state index < -0.39 is 31.8 Å². The molecule has 8 nitrogen and oxygen atoms in total. The van der Waals surface area contributed by atoms with Crippen LogP contribution in [-0.2, 0) is 26.5 Å². The first kappa shape index (κ1) is 16.7. The highest BCUT2D eigenvalue weighted by molar-refractivity contribution is 8.01. The zero-order valence-corrected chi connectivity index (χ0v) is 13.8. The average Bonchev–Trinajstić information content (AvgIpc) is 2.96. The first-order chi connectivity index (χ1) is 9.84. The van der Waals surface area contributed by atoms with Crippen LogP contribution in [-0.4, -0.2) is 65.6 Å². The molecule has 0 saturated carbocycles. The molecule has 1 aliphatic rings. The van der Waals surface area contributed by atoms with Crippen molar-refractivity contribution in [3.8, 4) is 0 Å². The Balaban J connectivity index is 2.46. The molecule has 0 aliphatic carbocycles. The summed E-state index contributed by atoms with van der Waals surface area (Å²) in [5, 5.41) is 13.8. The molecule has 11 heteroatoms. The minimum absolute atomic E-state index is 0.112. The largest absolute Gasteiger partial charge is 0.392 e. The highest BCUT2D eigenvalue weighted by Crippen LogP contribution is 2.28. The SMILES string of the molecule is CCS(=O)(=O)C1CSCCN1S(=O)(=O)c1[nH]ncc1CO. The van der Waals surface area contributed by atoms with Crippen molar-refractivity contribution in [1.82, 2.24) is 14.5 Å². The van der Waals surface area contributed by atoms with Crippen LogP contribution in [0.5, 0.6) is 0 Å². The number of sulfone groups is 1. The van der Waals surface area contributed by atoms with Crippen molar-refractivity contribution in [2.45, 2.75) is 23.9 Å². The summed E-state index contributed by atoms with van der Waals surface area (Å²) < 4.78 is 50.6. The molecule has 1 fully saturated rings. The van der Waals surface area contributed by atoms with Crippen LogP contribution in [0.4, 0.5) is 0 Å². The molecule has 0 amide bonds. The van der Waals surface area contributed by atoms with Crippen molar-refractivity contribution < 1.29 is 21.9 Å². The maximum atomic E-state index is 12.7. The molecule has 2 heterocycles. The summed E-state index contributed by atoms with van der Waals surface area (Å²) in [6, 6.07) is 0. The van der Waals surface area contributed by atoms with Crippen LogP contribution in [0.1, 0.15) is 12.5 Å². The molecule has 1 aliphatic heterocycles. The van der Waals surface area contributed by atoms with Crippen molar-refractivity contribution in [1.29, 1.82) is 0 Å². The van der Waals surface area contributed by atoms with Gasteiger partial charge in [0.15, 0.2) is 14.9 Å². The number of nitrogens with zero attached hydrogens (tertiary/aromatic N) is 2. The van der Waals surface area contributed by atoms with Crippen molar-refractivity contribution in [3.63, 3.8) is 0 Å². The van der Waals surface area contributed by atoms with E-state index >= 15 is 0 Å². The van der Waals surface area contributed by atoms with Gasteiger partial charge in [0, 0.05) is 29.4 Å². The third-order valence-corrected chi connectivity index (χ3v) is 8.62. The number of thioether (sulfide) groups is 1. The maximum absolute atomic E-state index is 12.7. The zero-order valence-electron chi connectivity index (χ0n) is 11.4. The molecule has 1 unspecified atom stereocenters. The molecular formula is C10H17N3O5S3. The fourth-order valence-electron chi connectivity index (χ4n) is 2.07. The molecule has 120 valence electrons. The van der Waals surface area contributed by atoms with E-state index in [-0.39, 0.29) is 28.6 Å². The lowest BCUT2D eigenvalue weighted by atomic mass is 10.4. The van der Waals surface area contributed by atoms with Gasteiger partial charge in [-0.3, -0.25) is 5.10 Å². The van der Waals surface area contributed by atoms with Gasteiger partial charge in [-0.05, 0) is 0 Å². The fraction of sp³-hybridized carbons (Fsp3) is 0.700. The molecule has 1 aromatic rings. The minimum atomic E-state index is -4.04. The van der Waals surface area contributed by atoms with E-state index in [4.69, 9.17) is 0 Å². The minimum Gasteiger partial charge on any atom is -0.392 e. The Morgan fingerprint density at radius 1 is 1.48 bits per heavy atom. The van der Waals surface area contributed by atoms with E-state index in [2.05, 4.69) is 10.2 Å². The van der Waals surface area contributed by atoms with Crippen LogP contribution in [0, 0.1) is 0 Å². The average molecular weight is 355 g/mol. The third kappa shape index (κ3) is 3.11. The van der Waals surface area contributed by atoms with E-state index in [1.165, 1.54) is 24.9 Å². The lowest BCUT2D eigenvalue weighted by Crippen LogP contribution is -2.50. The van der Waals surface area contributed by atoms with Gasteiger partial charge in [-0.1, -0.05) is 6.92 Å². The van der Waals surface area contributed by atoms with Gasteiger partial charge in [0.1, 0.15) is 5.37 Å². The number of aromatic nitrogens is 2. The lowest BCUT2D eigenvalue weighted by molar-refractivity contribution is 0.278. The molecule has 2 N–H and O–H groups in total. The van der Waals surface area contributed by atoms with Crippen molar-refractivity contribution in [3.05, 3.63) is 11.8 Å². The summed E-state index contributed by atoms with van der Waals surface area (Å²) in [7, 11) is -7.58. The van der Waals surface area contributed by atoms with Crippen molar-refractivity contribution >= 4 is 31.6 Å². The first-order valence-corrected chi connectivity index (χ1v) is 10.6. The van der Waals surface area contributed by atoms with Gasteiger partial charge in [-0.15, -0.1) is 0 Å². The monoisotopic (exact) mass is 355 g/mol. The van der Waals surface area contributed by atoms with Gasteiger partial charge >= 0.3 is 0 Å². The second-order valence-corrected chi connectivity index (χ2v) is 9.90. The van der Waals surface area contributed by atoms with E-state index in [1.807, 2.05) is 0 Å². The molecule has 21 heavy (non-hydrogen) atoms. The zero-order chi connectivity index (χ0) is 15.7. The Bertz CT molecular complexity index is 697. The molecule has 1 aromatic heterocycles. The summed E-state index contributed by atoms with van der Waals surface area (Å²) in [6.07, 6.45) is 1.22. The predicted octanol–water partition coefficient (Wildman–Crippen LogP) is -0.600. The standard InChI is InChI=1S/C10H17N3O5S3/c1-2-20(15,16)9-7-19-4-3-13(9)21(17,18)10-8(6-14)5-11-12-10/h5,9,14H,2-4,6-7H2,1H3,(H,11,12). The number of nitrogens with one attached hydrogen (secondary N) is 1. The fourth-order valence-corrected chi connectivity index (χ4v) is 7.42. The number of aliphatic hydroxyl groups is 1. The Morgan fingerprint density at radius 2 is 2.19 bits per heavy atom. The number of aliphatic hydroxyl groups excluding tert-OH is 1. The molecule has 1 saturated heterocycles. The highest BCUT2D eigenvalue weighted by Gasteiger charge is 2.41. The molecule has 1 atom stereocenters. The van der Waals surface area contributed by atoms with Gasteiger partial charge in [0.2, 0.25) is 0 Å². The number of sulfonamides is 1. The number of H-pyrrole nitrogens is 1. The molecular weight excluding hydrogens is 338 g/mol. The van der Waals surface area contributed by atoms with Gasteiger partial charge in [0.05, 0.1) is 12.8 Å². The van der Waals surface area contributed by atoms with E-state index in [1.54, 1.807) is 0 Å². The Morgan fingerprint density at radius 3 is 2.81 bits per heavy atom. The van der Waals surface area contributed by atoms with E-state index in [0.29, 0.717) is 5.75 Å². The van der Waals surface area contributed by atoms with Crippen molar-refractivity contribution in [2.24, 2.45) is 0 Å². The number of hydrogen-bond donors (Lipinski definition) is 2. The molecule has 0 bridgehead atoms. The second-order valence-electron chi connectivity index (χ2n) is 4.48. The van der Waals surface area contributed by atoms with Gasteiger partial charge in [-0.2, -0.15) is 21.2 Å². The van der Waals surface area contributed by atoms with E-state index in [9.17, 15) is 21.9 Å². The summed E-state index contributed by atoms with van der Waals surface area (Å²) in [5.74, 6) is 0.607. The summed E-state index contributed by atoms with van der Waals surface area (Å²) in [5.41, 5.74) is 0.126. The lowest BCUT2D eigenvalue weighted by Gasteiger charge is -2.33. The summed E-state index contributed by atoms with van der Waals surface area (Å²) in [6.45, 7) is 1.12. The number of aromatic amines is 1. The Hall–Kier alpha value is -0.620. The van der Waals surface area contributed by atoms with Crippen LogP contribution in [0.25, 0.3) is 0 Å². The maximum Gasteiger partial charge on any atom is 0.261 e. The summed E-state index contributed by atoms with van der Waals surface area (Å²) >= 11 is 1.41. The molecule has 2 rings (SSSR count).